The molecule has 4 heteroatoms. The van der Waals surface area contributed by atoms with Crippen LogP contribution in [0.5, 0.6) is 5.75 Å². The van der Waals surface area contributed by atoms with Crippen molar-refractivity contribution in [3.63, 3.8) is 0 Å². The number of nitrogens with zero attached hydrogens (tertiary/aromatic N) is 1. The quantitative estimate of drug-likeness (QED) is 0.549. The molecule has 0 saturated carbocycles. The molecule has 3 nitrogen and oxygen atoms in total. The van der Waals surface area contributed by atoms with Crippen LogP contribution in [0.4, 0.5) is 5.69 Å². The third kappa shape index (κ3) is 4.33. The summed E-state index contributed by atoms with van der Waals surface area (Å²) in [6.07, 6.45) is 0.738. The molecule has 0 bridgehead atoms. The topological polar surface area (TPSA) is 29.5 Å². The number of rotatable bonds is 6. The Labute approximate surface area is 162 Å². The van der Waals surface area contributed by atoms with Gasteiger partial charge in [-0.25, -0.2) is 0 Å². The molecule has 0 radical (unpaired) electrons. The van der Waals surface area contributed by atoms with Crippen molar-refractivity contribution in [3.8, 4) is 5.75 Å². The van der Waals surface area contributed by atoms with E-state index >= 15 is 0 Å². The van der Waals surface area contributed by atoms with Crippen LogP contribution < -0.4 is 9.64 Å². The van der Waals surface area contributed by atoms with Crippen LogP contribution in [0.25, 0.3) is 0 Å². The summed E-state index contributed by atoms with van der Waals surface area (Å²) < 4.78 is 6.09. The molecule has 0 unspecified atom stereocenters. The summed E-state index contributed by atoms with van der Waals surface area (Å²) in [5, 5.41) is 0. The van der Waals surface area contributed by atoms with E-state index in [9.17, 15) is 4.79 Å². The van der Waals surface area contributed by atoms with Gasteiger partial charge in [0.2, 0.25) is 0 Å². The fourth-order valence-electron chi connectivity index (χ4n) is 2.80. The molecule has 0 fully saturated rings. The zero-order valence-corrected chi connectivity index (χ0v) is 16.1. The first-order chi connectivity index (χ1) is 12.7. The van der Waals surface area contributed by atoms with Crippen LogP contribution >= 0.6 is 15.9 Å². The molecular formula is C22H20BrNO2. The summed E-state index contributed by atoms with van der Waals surface area (Å²) >= 11 is 3.49. The lowest BCUT2D eigenvalue weighted by Gasteiger charge is -2.23. The first kappa shape index (κ1) is 18.2. The number of hydrogen-bond donors (Lipinski definition) is 0. The second-order valence-electron chi connectivity index (χ2n) is 5.87. The van der Waals surface area contributed by atoms with Gasteiger partial charge in [-0.3, -0.25) is 4.79 Å². The van der Waals surface area contributed by atoms with E-state index in [4.69, 9.17) is 4.74 Å². The number of benzene rings is 3. The van der Waals surface area contributed by atoms with Crippen LogP contribution in [0, 0.1) is 0 Å². The van der Waals surface area contributed by atoms with Gasteiger partial charge in [-0.2, -0.15) is 0 Å². The van der Waals surface area contributed by atoms with E-state index in [0.717, 1.165) is 27.9 Å². The normalized spacial score (nSPS) is 10.4. The Morgan fingerprint density at radius 2 is 1.69 bits per heavy atom. The number of carbonyl (C=O) groups excluding carboxylic acids is 1. The number of para-hydroxylation sites is 1. The first-order valence-electron chi connectivity index (χ1n) is 8.43. The molecule has 26 heavy (non-hydrogen) atoms. The van der Waals surface area contributed by atoms with Crippen LogP contribution in [0.3, 0.4) is 0 Å². The van der Waals surface area contributed by atoms with E-state index < -0.39 is 0 Å². The molecule has 0 aliphatic rings. The summed E-state index contributed by atoms with van der Waals surface area (Å²) in [7, 11) is 1.66. The number of hydrogen-bond acceptors (Lipinski definition) is 2. The Morgan fingerprint density at radius 3 is 2.42 bits per heavy atom. The van der Waals surface area contributed by atoms with E-state index in [2.05, 4.69) is 22.0 Å². The Kier molecular flexibility index (Phi) is 6.08. The maximum Gasteiger partial charge on any atom is 0.259 e. The lowest BCUT2D eigenvalue weighted by Crippen LogP contribution is -2.33. The number of carbonyl (C=O) groups is 1. The number of ether oxygens (including phenoxy) is 1. The molecule has 3 aromatic rings. The Hall–Kier alpha value is -2.59. The van der Waals surface area contributed by atoms with Crippen molar-refractivity contribution >= 4 is 27.5 Å². The molecule has 132 valence electrons. The van der Waals surface area contributed by atoms with Crippen molar-refractivity contribution in [3.05, 3.63) is 94.5 Å². The lowest BCUT2D eigenvalue weighted by molar-refractivity contribution is 0.0986. The van der Waals surface area contributed by atoms with Gasteiger partial charge in [0.15, 0.2) is 0 Å². The first-order valence-corrected chi connectivity index (χ1v) is 9.22. The van der Waals surface area contributed by atoms with Crippen LogP contribution in [0.1, 0.15) is 15.9 Å². The summed E-state index contributed by atoms with van der Waals surface area (Å²) in [6.45, 7) is 0.581. The molecule has 0 aliphatic carbocycles. The Bertz CT molecular complexity index is 880. The average Bonchev–Trinajstić information content (AvgIpc) is 2.69. The van der Waals surface area contributed by atoms with Crippen molar-refractivity contribution in [2.45, 2.75) is 6.42 Å². The van der Waals surface area contributed by atoms with E-state index in [1.54, 1.807) is 7.11 Å². The predicted molar refractivity (Wildman–Crippen MR) is 109 cm³/mol. The van der Waals surface area contributed by atoms with Crippen molar-refractivity contribution in [2.24, 2.45) is 0 Å². The lowest BCUT2D eigenvalue weighted by atomic mass is 10.1. The van der Waals surface area contributed by atoms with Crippen molar-refractivity contribution in [2.75, 3.05) is 18.6 Å². The van der Waals surface area contributed by atoms with Gasteiger partial charge in [0.1, 0.15) is 5.75 Å². The molecule has 0 saturated heterocycles. The highest BCUT2D eigenvalue weighted by Gasteiger charge is 2.19. The van der Waals surface area contributed by atoms with E-state index in [-0.39, 0.29) is 5.91 Å². The molecule has 3 rings (SSSR count). The Balaban J connectivity index is 1.87. The van der Waals surface area contributed by atoms with Gasteiger partial charge in [0.25, 0.3) is 5.91 Å². The summed E-state index contributed by atoms with van der Waals surface area (Å²) in [4.78, 5) is 15.0. The fraction of sp³-hybridized carbons (Fsp3) is 0.136. The number of methoxy groups -OCH3 is 1. The zero-order valence-electron chi connectivity index (χ0n) is 14.6. The standard InChI is InChI=1S/C22H20BrNO2/c1-26-19-11-7-8-17(16-19)14-15-24(18-9-3-2-4-10-18)22(25)20-12-5-6-13-21(20)23/h2-13,16H,14-15H2,1H3. The number of anilines is 1. The summed E-state index contributed by atoms with van der Waals surface area (Å²) in [5.74, 6) is 0.803. The van der Waals surface area contributed by atoms with Crippen molar-refractivity contribution < 1.29 is 9.53 Å². The molecule has 0 atom stereocenters. The maximum atomic E-state index is 13.2. The second kappa shape index (κ2) is 8.68. The largest absolute Gasteiger partial charge is 0.497 e. The number of halogens is 1. The minimum absolute atomic E-state index is 0.0217. The molecule has 0 heterocycles. The van der Waals surface area contributed by atoms with Crippen molar-refractivity contribution in [1.82, 2.24) is 0 Å². The van der Waals surface area contributed by atoms with Gasteiger partial charge in [-0.15, -0.1) is 0 Å². The molecule has 1 amide bonds. The monoisotopic (exact) mass is 409 g/mol. The molecular weight excluding hydrogens is 390 g/mol. The van der Waals surface area contributed by atoms with E-state index in [1.165, 1.54) is 0 Å². The highest BCUT2D eigenvalue weighted by molar-refractivity contribution is 9.10. The van der Waals surface area contributed by atoms with Crippen LogP contribution in [-0.2, 0) is 6.42 Å². The number of amides is 1. The van der Waals surface area contributed by atoms with Gasteiger partial charge in [-0.1, -0.05) is 42.5 Å². The predicted octanol–water partition coefficient (Wildman–Crippen LogP) is 5.35. The molecule has 0 aromatic heterocycles. The van der Waals surface area contributed by atoms with E-state index in [0.29, 0.717) is 12.1 Å². The van der Waals surface area contributed by atoms with Gasteiger partial charge >= 0.3 is 0 Å². The van der Waals surface area contributed by atoms with Gasteiger partial charge in [0, 0.05) is 16.7 Å². The van der Waals surface area contributed by atoms with Gasteiger partial charge in [-0.05, 0) is 64.3 Å². The third-order valence-electron chi connectivity index (χ3n) is 4.18. The Morgan fingerprint density at radius 1 is 0.962 bits per heavy atom. The average molecular weight is 410 g/mol. The molecule has 0 aliphatic heterocycles. The van der Waals surface area contributed by atoms with Crippen LogP contribution in [-0.4, -0.2) is 19.6 Å². The highest BCUT2D eigenvalue weighted by Crippen LogP contribution is 2.23. The molecule has 0 N–H and O–H groups in total. The van der Waals surface area contributed by atoms with Crippen LogP contribution in [0.15, 0.2) is 83.3 Å². The molecule has 3 aromatic carbocycles. The van der Waals surface area contributed by atoms with Gasteiger partial charge in [0.05, 0.1) is 12.7 Å². The SMILES string of the molecule is COc1cccc(CCN(C(=O)c2ccccc2Br)c2ccccc2)c1. The molecule has 0 spiro atoms. The zero-order chi connectivity index (χ0) is 18.4. The highest BCUT2D eigenvalue weighted by atomic mass is 79.9. The third-order valence-corrected chi connectivity index (χ3v) is 4.87. The van der Waals surface area contributed by atoms with Crippen molar-refractivity contribution in [1.29, 1.82) is 0 Å². The summed E-state index contributed by atoms with van der Waals surface area (Å²) in [6, 6.07) is 25.2. The minimum atomic E-state index is -0.0217. The van der Waals surface area contributed by atoms with E-state index in [1.807, 2.05) is 77.7 Å². The van der Waals surface area contributed by atoms with Crippen LogP contribution in [0.2, 0.25) is 0 Å². The minimum Gasteiger partial charge on any atom is -0.497 e. The fourth-order valence-corrected chi connectivity index (χ4v) is 3.26. The maximum absolute atomic E-state index is 13.2. The second-order valence-corrected chi connectivity index (χ2v) is 6.73. The smallest absolute Gasteiger partial charge is 0.259 e. The summed E-state index contributed by atoms with van der Waals surface area (Å²) in [5.41, 5.74) is 2.67. The van der Waals surface area contributed by atoms with Gasteiger partial charge < -0.3 is 9.64 Å².